The lowest BCUT2D eigenvalue weighted by molar-refractivity contribution is -0.159. The molecule has 0 radical (unpaired) electrons. The third-order valence-corrected chi connectivity index (χ3v) is 8.59. The highest BCUT2D eigenvalue weighted by Crippen LogP contribution is 2.41. The highest BCUT2D eigenvalue weighted by molar-refractivity contribution is 7.98. The van der Waals surface area contributed by atoms with Gasteiger partial charge in [0.25, 0.3) is 0 Å². The number of carbonyl (C=O) groups excluding carboxylic acids is 4. The lowest BCUT2D eigenvalue weighted by Gasteiger charge is -2.36. The molecule has 258 valence electrons. The molecule has 0 spiro atoms. The summed E-state index contributed by atoms with van der Waals surface area (Å²) in [6.45, 7) is 16.6. The number of benzene rings is 2. The Morgan fingerprint density at radius 1 is 0.894 bits per heavy atom. The Bertz CT molecular complexity index is 1400. The van der Waals surface area contributed by atoms with Crippen LogP contribution in [0.4, 0.5) is 4.79 Å². The van der Waals surface area contributed by atoms with Crippen molar-refractivity contribution < 1.29 is 28.7 Å². The maximum atomic E-state index is 14.6. The number of hydrogen-bond acceptors (Lipinski definition) is 7. The average molecular weight is 668 g/mol. The maximum Gasteiger partial charge on any atom is 0.408 e. The zero-order chi connectivity index (χ0) is 35.1. The number of nitrogens with one attached hydrogen (secondary N) is 2. The zero-order valence-corrected chi connectivity index (χ0v) is 30.5. The lowest BCUT2D eigenvalue weighted by Crippen LogP contribution is -2.56. The van der Waals surface area contributed by atoms with E-state index in [0.717, 1.165) is 16.7 Å². The number of esters is 1. The van der Waals surface area contributed by atoms with E-state index in [4.69, 9.17) is 9.47 Å². The Balaban J connectivity index is 2.08. The fraction of sp³-hybridized carbons (Fsp3) is 0.568. The number of alkyl carbamates (subject to hydrolysis) is 1. The van der Waals surface area contributed by atoms with Crippen molar-refractivity contribution in [3.8, 4) is 0 Å². The van der Waals surface area contributed by atoms with Crippen LogP contribution in [0.25, 0.3) is 0 Å². The molecule has 0 aromatic heterocycles. The van der Waals surface area contributed by atoms with Crippen molar-refractivity contribution in [2.45, 2.75) is 117 Å². The minimum absolute atomic E-state index is 0.148. The summed E-state index contributed by atoms with van der Waals surface area (Å²) >= 11 is 1.56. The Morgan fingerprint density at radius 2 is 1.51 bits per heavy atom. The van der Waals surface area contributed by atoms with E-state index in [-0.39, 0.29) is 24.3 Å². The highest BCUT2D eigenvalue weighted by Gasteiger charge is 2.48. The van der Waals surface area contributed by atoms with Crippen molar-refractivity contribution >= 4 is 35.6 Å². The Kier molecular flexibility index (Phi) is 12.9. The molecule has 9 nitrogen and oxygen atoms in total. The van der Waals surface area contributed by atoms with Crippen LogP contribution in [0.15, 0.2) is 48.5 Å². The normalized spacial score (nSPS) is 17.9. The molecule has 1 aliphatic rings. The standard InChI is InChI=1S/C37H53N3O6S/c1-23-16-17-27(20-24(23)2)31(32(41)38-29(34(43)45-36(4,5)6)22-26-14-12-11-13-15-26)40(30-21-25(30)3)33(42)28(18-19-47-10)39-35(44)46-37(7,8)9/h11-17,20,25,28-31H,18-19,21-22H2,1-10H3,(H,38,41)(H,39,44). The first-order chi connectivity index (χ1) is 21.9. The van der Waals surface area contributed by atoms with Crippen LogP contribution in [0.2, 0.25) is 0 Å². The first kappa shape index (κ1) is 37.9. The number of hydrogen-bond donors (Lipinski definition) is 2. The molecule has 0 heterocycles. The molecule has 10 heteroatoms. The van der Waals surface area contributed by atoms with E-state index < -0.39 is 47.3 Å². The van der Waals surface area contributed by atoms with Crippen LogP contribution in [0.3, 0.4) is 0 Å². The van der Waals surface area contributed by atoms with E-state index in [1.807, 2.05) is 75.6 Å². The van der Waals surface area contributed by atoms with Gasteiger partial charge in [-0.05, 0) is 108 Å². The third kappa shape index (κ3) is 11.6. The van der Waals surface area contributed by atoms with Crippen LogP contribution in [-0.2, 0) is 30.3 Å². The molecule has 1 aliphatic carbocycles. The van der Waals surface area contributed by atoms with E-state index in [1.165, 1.54) is 0 Å². The molecule has 1 fully saturated rings. The van der Waals surface area contributed by atoms with Crippen LogP contribution in [0.1, 0.15) is 89.6 Å². The van der Waals surface area contributed by atoms with Gasteiger partial charge in [-0.15, -0.1) is 0 Å². The summed E-state index contributed by atoms with van der Waals surface area (Å²) in [5, 5.41) is 5.78. The van der Waals surface area contributed by atoms with Gasteiger partial charge in [-0.3, -0.25) is 9.59 Å². The molecule has 0 bridgehead atoms. The first-order valence-electron chi connectivity index (χ1n) is 16.3. The second-order valence-electron chi connectivity index (χ2n) is 14.5. The quantitative estimate of drug-likeness (QED) is 0.241. The molecule has 0 saturated heterocycles. The number of thioether (sulfide) groups is 1. The number of ether oxygens (including phenoxy) is 2. The second-order valence-corrected chi connectivity index (χ2v) is 15.5. The van der Waals surface area contributed by atoms with Crippen molar-refractivity contribution in [1.82, 2.24) is 15.5 Å². The molecular weight excluding hydrogens is 614 g/mol. The van der Waals surface area contributed by atoms with Crippen LogP contribution < -0.4 is 10.6 Å². The van der Waals surface area contributed by atoms with Gasteiger partial charge < -0.3 is 25.0 Å². The van der Waals surface area contributed by atoms with E-state index in [1.54, 1.807) is 58.2 Å². The highest BCUT2D eigenvalue weighted by atomic mass is 32.2. The van der Waals surface area contributed by atoms with Crippen molar-refractivity contribution in [3.05, 3.63) is 70.8 Å². The maximum absolute atomic E-state index is 14.6. The zero-order valence-electron chi connectivity index (χ0n) is 29.6. The molecule has 5 atom stereocenters. The molecule has 2 N–H and O–H groups in total. The van der Waals surface area contributed by atoms with Crippen LogP contribution >= 0.6 is 11.8 Å². The van der Waals surface area contributed by atoms with Crippen molar-refractivity contribution in [3.63, 3.8) is 0 Å². The molecule has 2 aromatic carbocycles. The first-order valence-corrected chi connectivity index (χ1v) is 17.7. The summed E-state index contributed by atoms with van der Waals surface area (Å²) in [6, 6.07) is 11.9. The summed E-state index contributed by atoms with van der Waals surface area (Å²) in [6.07, 6.45) is 2.52. The van der Waals surface area contributed by atoms with Crippen molar-refractivity contribution in [2.24, 2.45) is 5.92 Å². The number of carbonyl (C=O) groups is 4. The molecule has 3 amide bonds. The predicted octanol–water partition coefficient (Wildman–Crippen LogP) is 6.30. The summed E-state index contributed by atoms with van der Waals surface area (Å²) in [5.74, 6) is -0.661. The van der Waals surface area contributed by atoms with Gasteiger partial charge in [-0.2, -0.15) is 11.8 Å². The van der Waals surface area contributed by atoms with E-state index in [2.05, 4.69) is 10.6 Å². The van der Waals surface area contributed by atoms with Gasteiger partial charge in [0.1, 0.15) is 29.3 Å². The lowest BCUT2D eigenvalue weighted by atomic mass is 9.97. The van der Waals surface area contributed by atoms with E-state index in [9.17, 15) is 19.2 Å². The largest absolute Gasteiger partial charge is 0.458 e. The smallest absolute Gasteiger partial charge is 0.408 e. The summed E-state index contributed by atoms with van der Waals surface area (Å²) in [7, 11) is 0. The van der Waals surface area contributed by atoms with Gasteiger partial charge in [0.2, 0.25) is 11.8 Å². The van der Waals surface area contributed by atoms with Crippen molar-refractivity contribution in [1.29, 1.82) is 0 Å². The Morgan fingerprint density at radius 3 is 2.04 bits per heavy atom. The number of aryl methyl sites for hydroxylation is 2. The second kappa shape index (κ2) is 16.0. The minimum Gasteiger partial charge on any atom is -0.458 e. The SMILES string of the molecule is CSCCC(NC(=O)OC(C)(C)C)C(=O)N(C(C(=O)NC(Cc1ccccc1)C(=O)OC(C)(C)C)c1ccc(C)c(C)c1)C1CC1C. The summed E-state index contributed by atoms with van der Waals surface area (Å²) < 4.78 is 11.3. The van der Waals surface area contributed by atoms with E-state index >= 15 is 0 Å². The van der Waals surface area contributed by atoms with Gasteiger partial charge >= 0.3 is 12.1 Å². The topological polar surface area (TPSA) is 114 Å². The van der Waals surface area contributed by atoms with Gasteiger partial charge in [-0.1, -0.05) is 55.5 Å². The van der Waals surface area contributed by atoms with E-state index in [0.29, 0.717) is 24.2 Å². The monoisotopic (exact) mass is 667 g/mol. The van der Waals surface area contributed by atoms with Gasteiger partial charge in [-0.25, -0.2) is 9.59 Å². The summed E-state index contributed by atoms with van der Waals surface area (Å²) in [5.41, 5.74) is 1.98. The van der Waals surface area contributed by atoms with Gasteiger partial charge in [0.15, 0.2) is 0 Å². The third-order valence-electron chi connectivity index (χ3n) is 7.94. The van der Waals surface area contributed by atoms with Gasteiger partial charge in [0, 0.05) is 12.5 Å². The Labute approximate surface area is 284 Å². The Hall–Kier alpha value is -3.53. The van der Waals surface area contributed by atoms with Crippen LogP contribution in [-0.4, -0.2) is 70.1 Å². The average Bonchev–Trinajstić information content (AvgIpc) is 3.68. The predicted molar refractivity (Wildman–Crippen MR) is 187 cm³/mol. The fourth-order valence-electron chi connectivity index (χ4n) is 5.33. The van der Waals surface area contributed by atoms with Crippen molar-refractivity contribution in [2.75, 3.05) is 12.0 Å². The van der Waals surface area contributed by atoms with Crippen LogP contribution in [0, 0.1) is 19.8 Å². The molecular formula is C37H53N3O6S. The minimum atomic E-state index is -1.06. The van der Waals surface area contributed by atoms with Crippen LogP contribution in [0.5, 0.6) is 0 Å². The fourth-order valence-corrected chi connectivity index (χ4v) is 5.81. The molecule has 47 heavy (non-hydrogen) atoms. The molecule has 3 rings (SSSR count). The molecule has 5 unspecified atom stereocenters. The summed E-state index contributed by atoms with van der Waals surface area (Å²) in [4.78, 5) is 57.3. The molecule has 0 aliphatic heterocycles. The number of nitrogens with zero attached hydrogens (tertiary/aromatic N) is 1. The number of rotatable bonds is 13. The van der Waals surface area contributed by atoms with Gasteiger partial charge in [0.05, 0.1) is 0 Å². The number of amides is 3. The molecule has 2 aromatic rings. The molecule has 1 saturated carbocycles.